The number of fused-ring (bicyclic) bond motifs is 4. The van der Waals surface area contributed by atoms with Gasteiger partial charge >= 0.3 is 17.9 Å². The van der Waals surface area contributed by atoms with Crippen molar-refractivity contribution in [3.63, 3.8) is 0 Å². The van der Waals surface area contributed by atoms with Crippen LogP contribution in [0.4, 0.5) is 14.5 Å². The van der Waals surface area contributed by atoms with E-state index in [1.54, 1.807) is 19.2 Å². The van der Waals surface area contributed by atoms with Gasteiger partial charge in [0, 0.05) is 90.3 Å². The zero-order valence-corrected chi connectivity index (χ0v) is 39.4. The summed E-state index contributed by atoms with van der Waals surface area (Å²) in [6.07, 6.45) is 3.60. The number of nitrogens with zero attached hydrogens (tertiary/aromatic N) is 3. The SMILES string of the molecule is CCN1Cc2c([nH]c3ccc(S(=O)(=O)NC)cc23)[C@@](C(=O)OC)(c2cc3c(cc2OC)N(C)[C@H]2[C@@](O)(C(=O)OC)[C@H](OC(C)=O)[C@]4(CC)C=CCN5CC[C@]32[C@@H]54)CCCC(C(C)(F)F)C1. The number of nitrogens with one attached hydrogen (secondary N) is 2. The molecule has 0 amide bonds. The molecule has 0 bridgehead atoms. The molecule has 0 radical (unpaired) electrons. The second kappa shape index (κ2) is 16.3. The van der Waals surface area contributed by atoms with Crippen LogP contribution in [0.1, 0.15) is 82.2 Å². The summed E-state index contributed by atoms with van der Waals surface area (Å²) in [6.45, 7) is 7.59. The number of rotatable bonds is 10. The number of hydrogen-bond donors (Lipinski definition) is 3. The summed E-state index contributed by atoms with van der Waals surface area (Å²) in [5.74, 6) is -6.25. The van der Waals surface area contributed by atoms with Crippen molar-refractivity contribution in [3.05, 3.63) is 64.9 Å². The molecule has 18 heteroatoms. The van der Waals surface area contributed by atoms with E-state index in [-0.39, 0.29) is 43.0 Å². The van der Waals surface area contributed by atoms with Crippen LogP contribution in [0.3, 0.4) is 0 Å². The maximum Gasteiger partial charge on any atom is 0.344 e. The maximum absolute atomic E-state index is 15.6. The molecule has 1 saturated heterocycles. The number of halogens is 2. The van der Waals surface area contributed by atoms with Gasteiger partial charge in [0.2, 0.25) is 21.5 Å². The van der Waals surface area contributed by atoms with Crippen molar-refractivity contribution in [2.24, 2.45) is 11.3 Å². The van der Waals surface area contributed by atoms with Crippen LogP contribution >= 0.6 is 0 Å². The van der Waals surface area contributed by atoms with E-state index in [2.05, 4.69) is 14.6 Å². The molecule has 8 atom stereocenters. The van der Waals surface area contributed by atoms with Crippen LogP contribution in [0.5, 0.6) is 5.75 Å². The molecule has 1 spiro atoms. The molecule has 1 aliphatic carbocycles. The van der Waals surface area contributed by atoms with E-state index in [1.165, 1.54) is 47.4 Å². The van der Waals surface area contributed by atoms with Gasteiger partial charge in [-0.2, -0.15) is 0 Å². The summed E-state index contributed by atoms with van der Waals surface area (Å²) in [4.78, 5) is 52.3. The number of H-pyrrole nitrogens is 1. The number of aromatic amines is 1. The quantitative estimate of drug-likeness (QED) is 0.144. The van der Waals surface area contributed by atoms with Crippen LogP contribution < -0.4 is 14.4 Å². The minimum Gasteiger partial charge on any atom is -0.496 e. The lowest BCUT2D eigenvalue weighted by atomic mass is 9.47. The number of methoxy groups -OCH3 is 3. The second-order valence-electron chi connectivity index (χ2n) is 18.6. The molecule has 354 valence electrons. The van der Waals surface area contributed by atoms with Crippen molar-refractivity contribution in [2.45, 2.75) is 112 Å². The molecule has 3 N–H and O–H groups in total. The first-order valence-corrected chi connectivity index (χ1v) is 23.8. The predicted molar refractivity (Wildman–Crippen MR) is 237 cm³/mol. The highest BCUT2D eigenvalue weighted by molar-refractivity contribution is 7.89. The molecular weight excluding hydrogens is 865 g/mol. The van der Waals surface area contributed by atoms with Crippen LogP contribution in [-0.4, -0.2) is 138 Å². The lowest BCUT2D eigenvalue weighted by molar-refractivity contribution is -0.228. The summed E-state index contributed by atoms with van der Waals surface area (Å²) in [6, 6.07) is 6.84. The normalized spacial score (nSPS) is 31.4. The summed E-state index contributed by atoms with van der Waals surface area (Å²) < 4.78 is 83.7. The predicted octanol–water partition coefficient (Wildman–Crippen LogP) is 4.77. The van der Waals surface area contributed by atoms with Crippen molar-refractivity contribution in [3.8, 4) is 5.75 Å². The summed E-state index contributed by atoms with van der Waals surface area (Å²) in [7, 11) is 3.08. The lowest BCUT2D eigenvalue weighted by Crippen LogP contribution is -2.81. The Bertz CT molecular complexity index is 2560. The van der Waals surface area contributed by atoms with Gasteiger partial charge in [0.1, 0.15) is 11.2 Å². The fourth-order valence-corrected chi connectivity index (χ4v) is 13.7. The Morgan fingerprint density at radius 1 is 1.03 bits per heavy atom. The number of likely N-dealkylation sites (N-methyl/N-ethyl adjacent to an activating group) is 1. The molecule has 5 aliphatic rings. The molecule has 15 nitrogen and oxygen atoms in total. The number of carbonyl (C=O) groups is 3. The Morgan fingerprint density at radius 2 is 1.75 bits per heavy atom. The zero-order valence-electron chi connectivity index (χ0n) is 38.5. The minimum absolute atomic E-state index is 0.0148. The number of ether oxygens (including phenoxy) is 4. The fourth-order valence-electron chi connectivity index (χ4n) is 13.0. The van der Waals surface area contributed by atoms with Gasteiger partial charge in [-0.1, -0.05) is 32.4 Å². The van der Waals surface area contributed by atoms with E-state index >= 15 is 13.6 Å². The molecule has 8 rings (SSSR count). The molecule has 1 saturated carbocycles. The summed E-state index contributed by atoms with van der Waals surface area (Å²) in [5, 5.41) is 13.8. The molecule has 2 aromatic carbocycles. The largest absolute Gasteiger partial charge is 0.496 e. The molecule has 1 aromatic heterocycles. The van der Waals surface area contributed by atoms with E-state index in [4.69, 9.17) is 18.9 Å². The number of aliphatic hydroxyl groups is 1. The van der Waals surface area contributed by atoms with E-state index in [0.717, 1.165) is 6.92 Å². The Hall–Kier alpha value is -4.62. The first-order valence-electron chi connectivity index (χ1n) is 22.3. The average Bonchev–Trinajstić information content (AvgIpc) is 3.93. The van der Waals surface area contributed by atoms with Gasteiger partial charge in [-0.05, 0) is 88.1 Å². The third-order valence-electron chi connectivity index (χ3n) is 15.7. The van der Waals surface area contributed by atoms with Crippen molar-refractivity contribution in [1.29, 1.82) is 0 Å². The Morgan fingerprint density at radius 3 is 2.37 bits per heavy atom. The molecule has 5 heterocycles. The number of alkyl halides is 2. The molecule has 2 fully saturated rings. The third-order valence-corrected chi connectivity index (χ3v) is 17.1. The van der Waals surface area contributed by atoms with E-state index in [9.17, 15) is 23.1 Å². The van der Waals surface area contributed by atoms with Crippen molar-refractivity contribution >= 4 is 44.5 Å². The molecule has 4 aliphatic heterocycles. The number of carbonyl (C=O) groups excluding carboxylic acids is 3. The first kappa shape index (κ1) is 46.9. The topological polar surface area (TPSA) is 180 Å². The van der Waals surface area contributed by atoms with Gasteiger partial charge in [-0.3, -0.25) is 19.4 Å². The minimum atomic E-state index is -3.94. The highest BCUT2D eigenvalue weighted by atomic mass is 32.2. The van der Waals surface area contributed by atoms with Crippen LogP contribution in [-0.2, 0) is 56.0 Å². The van der Waals surface area contributed by atoms with Gasteiger partial charge in [0.25, 0.3) is 0 Å². The van der Waals surface area contributed by atoms with Gasteiger partial charge in [0.05, 0.1) is 32.3 Å². The van der Waals surface area contributed by atoms with Crippen LogP contribution in [0.2, 0.25) is 0 Å². The van der Waals surface area contributed by atoms with Crippen molar-refractivity contribution in [2.75, 3.05) is 66.5 Å². The van der Waals surface area contributed by atoms with Crippen molar-refractivity contribution < 1.29 is 55.6 Å². The third kappa shape index (κ3) is 6.58. The molecular formula is C47H61F2N5O10S. The number of anilines is 1. The Kier molecular flexibility index (Phi) is 11.8. The van der Waals surface area contributed by atoms with Crippen LogP contribution in [0, 0.1) is 11.3 Å². The van der Waals surface area contributed by atoms with E-state index in [0.29, 0.717) is 71.5 Å². The van der Waals surface area contributed by atoms with Gasteiger partial charge in [-0.15, -0.1) is 0 Å². The lowest BCUT2D eigenvalue weighted by Gasteiger charge is -2.63. The Balaban J connectivity index is 1.48. The monoisotopic (exact) mass is 925 g/mol. The van der Waals surface area contributed by atoms with Crippen molar-refractivity contribution in [1.82, 2.24) is 19.5 Å². The first-order chi connectivity index (χ1) is 30.7. The second-order valence-corrected chi connectivity index (χ2v) is 20.5. The van der Waals surface area contributed by atoms with E-state index in [1.807, 2.05) is 41.9 Å². The average molecular weight is 926 g/mol. The highest BCUT2D eigenvalue weighted by Gasteiger charge is 2.80. The summed E-state index contributed by atoms with van der Waals surface area (Å²) in [5.41, 5.74) is -3.22. The standard InChI is InChI=1S/C47H61F2N5O10S/c1-10-44-17-13-20-54-21-19-46(38(44)54)32-23-33(36(61-7)24-35(32)52(6)39(46)47(58,42(57)63-9)40(44)64-27(3)55)45(41(56)62-8)18-12-14-28(43(4,48)49)25-53(11-2)26-31-30-22-29(65(59,60)50-5)15-16-34(30)51-37(31)45/h13,15-17,22-24,28,38-40,50-51,58H,10-12,14,18-21,25-26H2,1-9H3/t28?,38-,39+,40+,44+,45-,46+,47-/m0/s1. The fraction of sp³-hybridized carbons (Fsp3) is 0.596. The maximum atomic E-state index is 15.6. The number of hydrogen-bond acceptors (Lipinski definition) is 13. The van der Waals surface area contributed by atoms with Gasteiger partial charge in [-0.25, -0.2) is 26.7 Å². The van der Waals surface area contributed by atoms with Crippen LogP contribution in [0.15, 0.2) is 47.4 Å². The molecule has 3 aromatic rings. The Labute approximate surface area is 378 Å². The van der Waals surface area contributed by atoms with E-state index < -0.39 is 79.8 Å². The number of sulfonamides is 1. The summed E-state index contributed by atoms with van der Waals surface area (Å²) >= 11 is 0. The molecule has 1 unspecified atom stereocenters. The number of benzene rings is 2. The molecule has 65 heavy (non-hydrogen) atoms. The number of aromatic nitrogens is 1. The van der Waals surface area contributed by atoms with Gasteiger partial charge < -0.3 is 33.9 Å². The number of esters is 3. The van der Waals surface area contributed by atoms with Gasteiger partial charge in [0.15, 0.2) is 6.10 Å². The highest BCUT2D eigenvalue weighted by Crippen LogP contribution is 2.68. The zero-order chi connectivity index (χ0) is 47.2. The van der Waals surface area contributed by atoms with Crippen LogP contribution in [0.25, 0.3) is 10.9 Å². The smallest absolute Gasteiger partial charge is 0.344 e.